The summed E-state index contributed by atoms with van der Waals surface area (Å²) in [7, 11) is -3.99. The lowest BCUT2D eigenvalue weighted by Crippen LogP contribution is -2.59. The monoisotopic (exact) mass is 815 g/mol. The molecule has 1 aromatic carbocycles. The maximum atomic E-state index is 14.6. The van der Waals surface area contributed by atoms with E-state index in [2.05, 4.69) is 21.9 Å². The Labute approximate surface area is 328 Å². The van der Waals surface area contributed by atoms with E-state index in [9.17, 15) is 41.6 Å². The Kier molecular flexibility index (Phi) is 10.2. The first-order valence-corrected chi connectivity index (χ1v) is 20.4. The largest absolute Gasteiger partial charge is 0.459 e. The van der Waals surface area contributed by atoms with Crippen molar-refractivity contribution in [3.63, 3.8) is 0 Å². The SMILES string of the molecule is C=CC1C[C@]1(NC(=O)[C@@H]1C[C@@H](OC(=O)N2Cc3cccc(F)c3C2)CN1C(=O)[C@H](CC(=N)N1C[C@H]2C[C@@H]1C(=O)O2)NC(=O)OC(C)(C)C)C(=O)NS(=O)(=O)C1CC1. The number of nitrogens with one attached hydrogen (secondary N) is 4. The van der Waals surface area contributed by atoms with Gasteiger partial charge in [0.1, 0.15) is 47.3 Å². The summed E-state index contributed by atoms with van der Waals surface area (Å²) in [4.78, 5) is 85.1. The molecule has 2 saturated carbocycles. The predicted molar refractivity (Wildman–Crippen MR) is 196 cm³/mol. The van der Waals surface area contributed by atoms with Gasteiger partial charge in [0.15, 0.2) is 0 Å². The lowest BCUT2D eigenvalue weighted by atomic mass is 10.1. The molecule has 57 heavy (non-hydrogen) atoms. The first-order valence-electron chi connectivity index (χ1n) is 18.9. The van der Waals surface area contributed by atoms with E-state index >= 15 is 0 Å². The van der Waals surface area contributed by atoms with E-state index in [0.29, 0.717) is 30.4 Å². The van der Waals surface area contributed by atoms with Crippen LogP contribution in [0.25, 0.3) is 0 Å². The van der Waals surface area contributed by atoms with Crippen molar-refractivity contribution < 1.29 is 55.8 Å². The van der Waals surface area contributed by atoms with Crippen LogP contribution in [0.5, 0.6) is 0 Å². The van der Waals surface area contributed by atoms with Crippen LogP contribution in [0.1, 0.15) is 70.4 Å². The number of sulfonamides is 1. The van der Waals surface area contributed by atoms with Crippen molar-refractivity contribution in [3.8, 4) is 0 Å². The van der Waals surface area contributed by atoms with Crippen LogP contribution in [0.4, 0.5) is 14.0 Å². The number of benzene rings is 1. The molecule has 4 N–H and O–H groups in total. The molecule has 0 aromatic heterocycles. The Hall–Kier alpha value is -5.27. The number of rotatable bonds is 11. The Bertz CT molecular complexity index is 2040. The topological polar surface area (TPSA) is 234 Å². The van der Waals surface area contributed by atoms with E-state index in [1.807, 2.05) is 0 Å². The lowest BCUT2D eigenvalue weighted by Gasteiger charge is -2.33. The smallest absolute Gasteiger partial charge is 0.410 e. The van der Waals surface area contributed by atoms with Crippen LogP contribution in [0, 0.1) is 17.1 Å². The first kappa shape index (κ1) is 39.9. The van der Waals surface area contributed by atoms with Gasteiger partial charge in [-0.15, -0.1) is 6.58 Å². The van der Waals surface area contributed by atoms with Gasteiger partial charge in [-0.25, -0.2) is 27.2 Å². The van der Waals surface area contributed by atoms with Gasteiger partial charge in [-0.2, -0.15) is 0 Å². The number of amides is 5. The molecule has 0 spiro atoms. The molecule has 2 bridgehead atoms. The average molecular weight is 816 g/mol. The summed E-state index contributed by atoms with van der Waals surface area (Å²) in [5, 5.41) is 13.3. The highest BCUT2D eigenvalue weighted by molar-refractivity contribution is 7.91. The van der Waals surface area contributed by atoms with E-state index in [1.54, 1.807) is 26.8 Å². The molecule has 18 nitrogen and oxygen atoms in total. The minimum absolute atomic E-state index is 0.0276. The number of carbonyl (C=O) groups is 6. The van der Waals surface area contributed by atoms with Crippen molar-refractivity contribution in [1.29, 1.82) is 5.41 Å². The molecule has 6 aliphatic rings. The average Bonchev–Trinajstić information content (AvgIpc) is 3.88. The quantitative estimate of drug-likeness (QED) is 0.0811. The zero-order valence-corrected chi connectivity index (χ0v) is 32.6. The van der Waals surface area contributed by atoms with Crippen LogP contribution < -0.4 is 15.4 Å². The van der Waals surface area contributed by atoms with Crippen LogP contribution in [0.15, 0.2) is 30.9 Å². The fourth-order valence-electron chi connectivity index (χ4n) is 7.93. The number of halogens is 1. The summed E-state index contributed by atoms with van der Waals surface area (Å²) < 4.78 is 58.4. The Morgan fingerprint density at radius 3 is 2.47 bits per heavy atom. The van der Waals surface area contributed by atoms with Crippen LogP contribution in [-0.4, -0.2) is 125 Å². The van der Waals surface area contributed by atoms with Crippen LogP contribution >= 0.6 is 0 Å². The number of carbonyl (C=O) groups excluding carboxylic acids is 6. The molecule has 308 valence electrons. The molecule has 3 saturated heterocycles. The molecule has 7 rings (SSSR count). The second-order valence-corrected chi connectivity index (χ2v) is 18.4. The molecule has 1 unspecified atom stereocenters. The summed E-state index contributed by atoms with van der Waals surface area (Å²) in [6, 6.07) is 0.814. The van der Waals surface area contributed by atoms with Gasteiger partial charge in [0.25, 0.3) is 5.91 Å². The van der Waals surface area contributed by atoms with Crippen molar-refractivity contribution in [2.24, 2.45) is 5.92 Å². The Morgan fingerprint density at radius 1 is 1.12 bits per heavy atom. The first-order chi connectivity index (χ1) is 26.8. The number of hydrogen-bond acceptors (Lipinski definition) is 12. The van der Waals surface area contributed by atoms with Crippen LogP contribution in [0.2, 0.25) is 0 Å². The van der Waals surface area contributed by atoms with Crippen molar-refractivity contribution in [1.82, 2.24) is 30.1 Å². The second-order valence-electron chi connectivity index (χ2n) is 16.5. The van der Waals surface area contributed by atoms with E-state index in [0.717, 1.165) is 4.90 Å². The summed E-state index contributed by atoms with van der Waals surface area (Å²) in [5.74, 6) is -4.48. The Balaban J connectivity index is 1.14. The predicted octanol–water partition coefficient (Wildman–Crippen LogP) is 1.18. The zero-order valence-electron chi connectivity index (χ0n) is 31.7. The van der Waals surface area contributed by atoms with Gasteiger partial charge in [0.2, 0.25) is 21.8 Å². The standard InChI is InChI=1S/C37H46FN7O11S/c1-5-20-14-37(20,33(49)42-57(52,53)23-9-10-23)41-30(46)27-11-22(55-35(51)43-15-19-7-6-8-25(38)24(19)18-43)17-45(27)31(47)26(40-34(50)56-36(2,3)4)13-29(39)44-16-21-12-28(44)32(48)54-21/h5-8,20-23,26-28,39H,1,9-18H2,2-4H3,(H,40,50)(H,41,46)(H,42,49)/t20?,21-,22-,26+,27+,28-,37-/m1/s1. The maximum Gasteiger partial charge on any atom is 0.410 e. The fourth-order valence-corrected chi connectivity index (χ4v) is 9.29. The molecule has 2 aliphatic carbocycles. The lowest BCUT2D eigenvalue weighted by molar-refractivity contribution is -0.148. The highest BCUT2D eigenvalue weighted by Gasteiger charge is 2.62. The Morgan fingerprint density at radius 2 is 1.86 bits per heavy atom. The number of fused-ring (bicyclic) bond motifs is 3. The maximum absolute atomic E-state index is 14.6. The van der Waals surface area contributed by atoms with Crippen LogP contribution in [0.3, 0.4) is 0 Å². The van der Waals surface area contributed by atoms with Gasteiger partial charge in [0, 0.05) is 37.3 Å². The van der Waals surface area contributed by atoms with Crippen LogP contribution in [-0.2, 0) is 56.5 Å². The highest BCUT2D eigenvalue weighted by Crippen LogP contribution is 2.45. The summed E-state index contributed by atoms with van der Waals surface area (Å²) in [5.41, 5.74) is -1.75. The van der Waals surface area contributed by atoms with E-state index in [4.69, 9.17) is 19.6 Å². The number of alkyl carbamates (subject to hydrolysis) is 1. The summed E-state index contributed by atoms with van der Waals surface area (Å²) in [6.45, 7) is 8.39. The third kappa shape index (κ3) is 8.13. The van der Waals surface area contributed by atoms with Gasteiger partial charge < -0.3 is 34.6 Å². The summed E-state index contributed by atoms with van der Waals surface area (Å²) >= 11 is 0. The molecule has 4 heterocycles. The van der Waals surface area contributed by atoms with Crippen molar-refractivity contribution in [2.45, 2.75) is 119 Å². The van der Waals surface area contributed by atoms with E-state index in [1.165, 1.54) is 28.0 Å². The molecule has 7 atom stereocenters. The van der Waals surface area contributed by atoms with Gasteiger partial charge >= 0.3 is 18.2 Å². The molecular weight excluding hydrogens is 770 g/mol. The minimum atomic E-state index is -3.99. The van der Waals surface area contributed by atoms with Gasteiger partial charge in [-0.3, -0.25) is 29.4 Å². The van der Waals surface area contributed by atoms with E-state index in [-0.39, 0.29) is 44.9 Å². The number of hydrogen-bond donors (Lipinski definition) is 4. The number of esters is 1. The molecule has 5 fully saturated rings. The number of amidine groups is 1. The second kappa shape index (κ2) is 14.6. The number of morpholine rings is 1. The zero-order chi connectivity index (χ0) is 41.2. The van der Waals surface area contributed by atoms with Crippen molar-refractivity contribution >= 4 is 51.7 Å². The third-order valence-electron chi connectivity index (χ3n) is 11.1. The third-order valence-corrected chi connectivity index (χ3v) is 12.9. The number of nitrogens with zero attached hydrogens (tertiary/aromatic N) is 3. The molecule has 5 amide bonds. The normalized spacial score (nSPS) is 27.9. The number of likely N-dealkylation sites (tertiary alicyclic amines) is 2. The number of ether oxygens (including phenoxy) is 3. The highest BCUT2D eigenvalue weighted by atomic mass is 32.2. The fraction of sp³-hybridized carbons (Fsp3) is 0.595. The van der Waals surface area contributed by atoms with Crippen molar-refractivity contribution in [3.05, 3.63) is 47.8 Å². The molecule has 0 radical (unpaired) electrons. The van der Waals surface area contributed by atoms with Gasteiger partial charge in [0.05, 0.1) is 30.7 Å². The van der Waals surface area contributed by atoms with Gasteiger partial charge in [-0.05, 0) is 51.7 Å². The molecule has 20 heteroatoms. The molecular formula is C37H46FN7O11S. The van der Waals surface area contributed by atoms with Crippen molar-refractivity contribution in [2.75, 3.05) is 13.1 Å². The van der Waals surface area contributed by atoms with Gasteiger partial charge in [-0.1, -0.05) is 18.2 Å². The summed E-state index contributed by atoms with van der Waals surface area (Å²) in [6.07, 6.45) is -1.48. The molecule has 1 aromatic rings. The minimum Gasteiger partial charge on any atom is -0.459 e. The molecule has 4 aliphatic heterocycles. The van der Waals surface area contributed by atoms with E-state index < -0.39 is 111 Å².